The lowest BCUT2D eigenvalue weighted by atomic mass is 9.96. The zero-order chi connectivity index (χ0) is 15.5. The summed E-state index contributed by atoms with van der Waals surface area (Å²) in [5.74, 6) is -0.460. The fourth-order valence-electron chi connectivity index (χ4n) is 3.16. The molecule has 21 heavy (non-hydrogen) atoms. The number of carboxylic acid groups (broad SMARTS) is 1. The molecule has 0 saturated heterocycles. The van der Waals surface area contributed by atoms with E-state index in [9.17, 15) is 9.59 Å². The van der Waals surface area contributed by atoms with Gasteiger partial charge in [-0.25, -0.2) is 4.79 Å². The Morgan fingerprint density at radius 3 is 2.33 bits per heavy atom. The Morgan fingerprint density at radius 2 is 1.86 bits per heavy atom. The molecule has 2 rings (SSSR count). The summed E-state index contributed by atoms with van der Waals surface area (Å²) >= 11 is 0. The molecule has 2 N–H and O–H groups in total. The number of likely N-dealkylation sites (N-methyl/N-ethyl adjacent to an activating group) is 1. The van der Waals surface area contributed by atoms with Crippen LogP contribution < -0.4 is 5.32 Å². The molecule has 0 aromatic heterocycles. The van der Waals surface area contributed by atoms with Gasteiger partial charge >= 0.3 is 12.0 Å². The average molecular weight is 297 g/mol. The number of carbonyl (C=O) groups excluding carboxylic acids is 1. The predicted molar refractivity (Wildman–Crippen MR) is 80.2 cm³/mol. The third-order valence-corrected chi connectivity index (χ3v) is 4.84. The summed E-state index contributed by atoms with van der Waals surface area (Å²) in [4.78, 5) is 26.9. The van der Waals surface area contributed by atoms with E-state index in [4.69, 9.17) is 5.11 Å². The van der Waals surface area contributed by atoms with Gasteiger partial charge in [0, 0.05) is 18.6 Å². The number of rotatable bonds is 7. The van der Waals surface area contributed by atoms with Crippen LogP contribution in [0.3, 0.4) is 0 Å². The number of carbonyl (C=O) groups is 2. The van der Waals surface area contributed by atoms with Crippen molar-refractivity contribution in [2.75, 3.05) is 33.7 Å². The molecule has 0 atom stereocenters. The molecule has 0 aliphatic heterocycles. The second kappa shape index (κ2) is 6.64. The Labute approximate surface area is 126 Å². The first-order chi connectivity index (χ1) is 9.93. The molecule has 2 aliphatic rings. The first-order valence-electron chi connectivity index (χ1n) is 7.85. The minimum Gasteiger partial charge on any atom is -0.480 e. The summed E-state index contributed by atoms with van der Waals surface area (Å²) < 4.78 is 0. The van der Waals surface area contributed by atoms with Crippen molar-refractivity contribution < 1.29 is 14.7 Å². The molecule has 0 radical (unpaired) electrons. The fraction of sp³-hybridized carbons (Fsp3) is 0.867. The van der Waals surface area contributed by atoms with Crippen molar-refractivity contribution in [2.45, 2.75) is 44.1 Å². The van der Waals surface area contributed by atoms with Crippen molar-refractivity contribution in [1.82, 2.24) is 15.1 Å². The van der Waals surface area contributed by atoms with Crippen LogP contribution in [0.4, 0.5) is 4.79 Å². The lowest BCUT2D eigenvalue weighted by Gasteiger charge is -2.37. The first-order valence-corrected chi connectivity index (χ1v) is 7.85. The molecular weight excluding hydrogens is 270 g/mol. The van der Waals surface area contributed by atoms with Crippen molar-refractivity contribution in [2.24, 2.45) is 5.92 Å². The number of hydrogen-bond acceptors (Lipinski definition) is 3. The van der Waals surface area contributed by atoms with Gasteiger partial charge in [-0.05, 0) is 45.7 Å². The Kier molecular flexibility index (Phi) is 5.08. The monoisotopic (exact) mass is 297 g/mol. The van der Waals surface area contributed by atoms with Crippen LogP contribution in [0.15, 0.2) is 0 Å². The van der Waals surface area contributed by atoms with E-state index in [0.717, 1.165) is 25.7 Å². The van der Waals surface area contributed by atoms with Crippen LogP contribution in [-0.4, -0.2) is 66.2 Å². The molecule has 0 heterocycles. The Hall–Kier alpha value is -1.30. The summed E-state index contributed by atoms with van der Waals surface area (Å²) in [5.41, 5.74) is 0.0319. The Bertz CT molecular complexity index is 388. The van der Waals surface area contributed by atoms with Crippen molar-refractivity contribution >= 4 is 12.0 Å². The highest BCUT2D eigenvalue weighted by Crippen LogP contribution is 2.33. The smallest absolute Gasteiger partial charge is 0.323 e. The molecule has 2 saturated carbocycles. The summed E-state index contributed by atoms with van der Waals surface area (Å²) in [6.45, 7) is 0.948. The summed E-state index contributed by atoms with van der Waals surface area (Å²) in [6, 6.07) is -0.238. The molecule has 120 valence electrons. The molecule has 0 bridgehead atoms. The molecule has 6 nitrogen and oxygen atoms in total. The van der Waals surface area contributed by atoms with E-state index in [2.05, 4.69) is 24.3 Å². The summed E-state index contributed by atoms with van der Waals surface area (Å²) in [7, 11) is 4.10. The second-order valence-corrected chi connectivity index (χ2v) is 6.70. The zero-order valence-corrected chi connectivity index (χ0v) is 13.1. The standard InChI is InChI=1S/C15H27N3O3/c1-17(2)15(7-3-4-8-15)11-16-14(21)18(10-13(19)20)9-12-5-6-12/h12H,3-11H2,1-2H3,(H,16,21)(H,19,20). The van der Waals surface area contributed by atoms with E-state index in [-0.39, 0.29) is 18.1 Å². The maximum Gasteiger partial charge on any atom is 0.323 e. The third kappa shape index (κ3) is 4.33. The molecule has 0 aromatic carbocycles. The number of carboxylic acids is 1. The highest BCUT2D eigenvalue weighted by Gasteiger charge is 2.37. The number of amides is 2. The lowest BCUT2D eigenvalue weighted by Crippen LogP contribution is -2.54. The van der Waals surface area contributed by atoms with Crippen molar-refractivity contribution in [3.8, 4) is 0 Å². The van der Waals surface area contributed by atoms with E-state index in [1.54, 1.807) is 0 Å². The van der Waals surface area contributed by atoms with Gasteiger partial charge in [0.2, 0.25) is 0 Å². The fourth-order valence-corrected chi connectivity index (χ4v) is 3.16. The van der Waals surface area contributed by atoms with Gasteiger partial charge in [-0.3, -0.25) is 4.79 Å². The van der Waals surface area contributed by atoms with Gasteiger partial charge in [-0.15, -0.1) is 0 Å². The number of nitrogens with zero attached hydrogens (tertiary/aromatic N) is 2. The van der Waals surface area contributed by atoms with Gasteiger partial charge in [0.05, 0.1) is 0 Å². The van der Waals surface area contributed by atoms with Crippen LogP contribution in [0.25, 0.3) is 0 Å². The van der Waals surface area contributed by atoms with Crippen LogP contribution in [0.5, 0.6) is 0 Å². The quantitative estimate of drug-likeness (QED) is 0.744. The first kappa shape index (κ1) is 16.1. The van der Waals surface area contributed by atoms with Crippen LogP contribution >= 0.6 is 0 Å². The molecule has 0 spiro atoms. The van der Waals surface area contributed by atoms with E-state index in [1.165, 1.54) is 17.7 Å². The number of urea groups is 1. The SMILES string of the molecule is CN(C)C1(CNC(=O)N(CC(=O)O)CC2CC2)CCCC1. The van der Waals surface area contributed by atoms with Crippen LogP contribution in [0.1, 0.15) is 38.5 Å². The average Bonchev–Trinajstić information content (AvgIpc) is 3.09. The Balaban J connectivity index is 1.89. The van der Waals surface area contributed by atoms with E-state index in [1.807, 2.05) is 0 Å². The molecule has 0 unspecified atom stereocenters. The summed E-state index contributed by atoms with van der Waals surface area (Å²) in [6.07, 6.45) is 6.75. The number of aliphatic carboxylic acids is 1. The molecule has 0 aromatic rings. The lowest BCUT2D eigenvalue weighted by molar-refractivity contribution is -0.137. The summed E-state index contributed by atoms with van der Waals surface area (Å²) in [5, 5.41) is 11.9. The van der Waals surface area contributed by atoms with Crippen LogP contribution in [0.2, 0.25) is 0 Å². The molecule has 2 aliphatic carbocycles. The van der Waals surface area contributed by atoms with Gasteiger partial charge in [0.25, 0.3) is 0 Å². The van der Waals surface area contributed by atoms with Crippen LogP contribution in [0, 0.1) is 5.92 Å². The second-order valence-electron chi connectivity index (χ2n) is 6.70. The van der Waals surface area contributed by atoms with Crippen molar-refractivity contribution in [3.63, 3.8) is 0 Å². The largest absolute Gasteiger partial charge is 0.480 e. The molecular formula is C15H27N3O3. The highest BCUT2D eigenvalue weighted by molar-refractivity contribution is 5.80. The highest BCUT2D eigenvalue weighted by atomic mass is 16.4. The zero-order valence-electron chi connectivity index (χ0n) is 13.1. The van der Waals surface area contributed by atoms with Crippen molar-refractivity contribution in [3.05, 3.63) is 0 Å². The maximum absolute atomic E-state index is 12.3. The normalized spacial score (nSPS) is 20.5. The topological polar surface area (TPSA) is 72.9 Å². The van der Waals surface area contributed by atoms with Gasteiger partial charge in [0.1, 0.15) is 6.54 Å². The minimum atomic E-state index is -0.950. The molecule has 2 fully saturated rings. The number of nitrogens with one attached hydrogen (secondary N) is 1. The van der Waals surface area contributed by atoms with Gasteiger partial charge in [-0.2, -0.15) is 0 Å². The predicted octanol–water partition coefficient (Wildman–Crippen LogP) is 1.37. The van der Waals surface area contributed by atoms with E-state index in [0.29, 0.717) is 19.0 Å². The van der Waals surface area contributed by atoms with E-state index >= 15 is 0 Å². The van der Waals surface area contributed by atoms with Crippen molar-refractivity contribution in [1.29, 1.82) is 0 Å². The maximum atomic E-state index is 12.3. The van der Waals surface area contributed by atoms with E-state index < -0.39 is 5.97 Å². The van der Waals surface area contributed by atoms with Gasteiger partial charge in [0.15, 0.2) is 0 Å². The van der Waals surface area contributed by atoms with Gasteiger partial charge in [-0.1, -0.05) is 12.8 Å². The molecule has 6 heteroatoms. The number of hydrogen-bond donors (Lipinski definition) is 2. The Morgan fingerprint density at radius 1 is 1.24 bits per heavy atom. The molecule has 2 amide bonds. The minimum absolute atomic E-state index is 0.0319. The third-order valence-electron chi connectivity index (χ3n) is 4.84. The van der Waals surface area contributed by atoms with Crippen LogP contribution in [-0.2, 0) is 4.79 Å². The van der Waals surface area contributed by atoms with Gasteiger partial charge < -0.3 is 20.2 Å².